The average molecular weight is 433 g/mol. The van der Waals surface area contributed by atoms with E-state index in [0.717, 1.165) is 36.1 Å². The molecule has 1 aliphatic rings. The molecule has 5 rings (SSSR count). The lowest BCUT2D eigenvalue weighted by Gasteiger charge is -2.35. The van der Waals surface area contributed by atoms with Crippen molar-refractivity contribution in [3.8, 4) is 0 Å². The molecule has 1 aliphatic heterocycles. The van der Waals surface area contributed by atoms with Crippen LogP contribution in [0.15, 0.2) is 41.6 Å². The van der Waals surface area contributed by atoms with E-state index < -0.39 is 0 Å². The largest absolute Gasteiger partial charge is 0.373 e. The highest BCUT2D eigenvalue weighted by Crippen LogP contribution is 2.20. The van der Waals surface area contributed by atoms with Crippen LogP contribution >= 0.6 is 0 Å². The van der Waals surface area contributed by atoms with Crippen LogP contribution in [0.25, 0.3) is 16.7 Å². The lowest BCUT2D eigenvalue weighted by molar-refractivity contribution is -0.0705. The maximum Gasteiger partial charge on any atom is 0.352 e. The fraction of sp³-hybridized carbons (Fsp3) is 0.417. The van der Waals surface area contributed by atoms with Gasteiger partial charge >= 0.3 is 5.69 Å². The quantitative estimate of drug-likeness (QED) is 0.494. The Morgan fingerprint density at radius 3 is 2.50 bits per heavy atom. The third-order valence-corrected chi connectivity index (χ3v) is 6.19. The van der Waals surface area contributed by atoms with Gasteiger partial charge < -0.3 is 4.74 Å². The molecule has 0 N–H and O–H groups in total. The van der Waals surface area contributed by atoms with Gasteiger partial charge in [-0.2, -0.15) is 9.61 Å². The molecule has 0 radical (unpaired) electrons. The Morgan fingerprint density at radius 1 is 0.969 bits per heavy atom. The van der Waals surface area contributed by atoms with E-state index in [9.17, 15) is 4.79 Å². The molecule has 166 valence electrons. The molecule has 1 fully saturated rings. The van der Waals surface area contributed by atoms with E-state index in [-0.39, 0.29) is 17.9 Å². The Bertz CT molecular complexity index is 1350. The minimum absolute atomic E-state index is 0.207. The number of fused-ring (bicyclic) bond motifs is 3. The molecule has 8 heteroatoms. The zero-order valence-electron chi connectivity index (χ0n) is 18.9. The maximum absolute atomic E-state index is 13.2. The zero-order chi connectivity index (χ0) is 22.4. The van der Waals surface area contributed by atoms with Crippen LogP contribution in [0.5, 0.6) is 0 Å². The second kappa shape index (κ2) is 8.11. The van der Waals surface area contributed by atoms with Crippen molar-refractivity contribution in [1.82, 2.24) is 29.0 Å². The van der Waals surface area contributed by atoms with Crippen LogP contribution in [-0.2, 0) is 17.8 Å². The zero-order valence-corrected chi connectivity index (χ0v) is 18.9. The number of aromatic nitrogens is 5. The van der Waals surface area contributed by atoms with E-state index in [1.165, 1.54) is 22.0 Å². The predicted octanol–water partition coefficient (Wildman–Crippen LogP) is 2.71. The second-order valence-electron chi connectivity index (χ2n) is 8.95. The topological polar surface area (TPSA) is 77.5 Å². The van der Waals surface area contributed by atoms with Crippen LogP contribution in [-0.4, -0.2) is 54.3 Å². The Balaban J connectivity index is 1.57. The standard InChI is InChI=1S/C24H28N6O2/c1-15-5-6-19(7-16(15)2)13-29-22-21(23-26-14-27-30(23)24(29)31)8-20(9-25-22)12-28-10-17(3)32-18(4)11-28/h5-9,14,17-18H,10-13H2,1-4H3/t17-,18+. The normalized spacial score (nSPS) is 19.8. The number of nitrogens with zero attached hydrogens (tertiary/aromatic N) is 6. The predicted molar refractivity (Wildman–Crippen MR) is 123 cm³/mol. The van der Waals surface area contributed by atoms with Crippen molar-refractivity contribution in [2.45, 2.75) is 53.0 Å². The van der Waals surface area contributed by atoms with Gasteiger partial charge in [0.1, 0.15) is 12.0 Å². The molecule has 1 aromatic carbocycles. The number of rotatable bonds is 4. The Hall–Kier alpha value is -3.10. The van der Waals surface area contributed by atoms with Crippen LogP contribution in [0.2, 0.25) is 0 Å². The number of pyridine rings is 1. The summed E-state index contributed by atoms with van der Waals surface area (Å²) in [4.78, 5) is 24.7. The lowest BCUT2D eigenvalue weighted by Crippen LogP contribution is -2.44. The summed E-state index contributed by atoms with van der Waals surface area (Å²) in [6.45, 7) is 11.3. The van der Waals surface area contributed by atoms with Gasteiger partial charge in [-0.15, -0.1) is 0 Å². The monoisotopic (exact) mass is 432 g/mol. The molecule has 8 nitrogen and oxygen atoms in total. The highest BCUT2D eigenvalue weighted by molar-refractivity contribution is 5.89. The van der Waals surface area contributed by atoms with Gasteiger partial charge in [-0.3, -0.25) is 9.47 Å². The van der Waals surface area contributed by atoms with Crippen molar-refractivity contribution in [1.29, 1.82) is 0 Å². The van der Waals surface area contributed by atoms with E-state index in [4.69, 9.17) is 9.72 Å². The summed E-state index contributed by atoms with van der Waals surface area (Å²) >= 11 is 0. The van der Waals surface area contributed by atoms with Crippen LogP contribution in [0.4, 0.5) is 0 Å². The van der Waals surface area contributed by atoms with Crippen molar-refractivity contribution in [2.24, 2.45) is 0 Å². The van der Waals surface area contributed by atoms with Crippen molar-refractivity contribution in [2.75, 3.05) is 13.1 Å². The van der Waals surface area contributed by atoms with Gasteiger partial charge in [0.15, 0.2) is 5.65 Å². The molecule has 0 aliphatic carbocycles. The first-order valence-corrected chi connectivity index (χ1v) is 11.0. The first-order valence-electron chi connectivity index (χ1n) is 11.0. The molecule has 2 atom stereocenters. The van der Waals surface area contributed by atoms with Gasteiger partial charge in [0.2, 0.25) is 0 Å². The van der Waals surface area contributed by atoms with Crippen LogP contribution < -0.4 is 5.69 Å². The van der Waals surface area contributed by atoms with Crippen molar-refractivity contribution >= 4 is 16.7 Å². The van der Waals surface area contributed by atoms with Gasteiger partial charge in [-0.25, -0.2) is 14.8 Å². The number of morpholine rings is 1. The minimum Gasteiger partial charge on any atom is -0.373 e. The number of hydrogen-bond donors (Lipinski definition) is 0. The molecular weight excluding hydrogens is 404 g/mol. The van der Waals surface area contributed by atoms with E-state index in [1.54, 1.807) is 4.57 Å². The molecule has 0 saturated carbocycles. The highest BCUT2D eigenvalue weighted by atomic mass is 16.5. The summed E-state index contributed by atoms with van der Waals surface area (Å²) in [6.07, 6.45) is 3.71. The first kappa shape index (κ1) is 20.8. The summed E-state index contributed by atoms with van der Waals surface area (Å²) in [5.74, 6) is 0. The summed E-state index contributed by atoms with van der Waals surface area (Å²) in [5.41, 5.74) is 5.50. The van der Waals surface area contributed by atoms with E-state index in [0.29, 0.717) is 17.8 Å². The number of hydrogen-bond acceptors (Lipinski definition) is 6. The highest BCUT2D eigenvalue weighted by Gasteiger charge is 2.23. The maximum atomic E-state index is 13.2. The lowest BCUT2D eigenvalue weighted by atomic mass is 10.1. The summed E-state index contributed by atoms with van der Waals surface area (Å²) in [6, 6.07) is 8.35. The molecule has 0 unspecified atom stereocenters. The fourth-order valence-electron chi connectivity index (χ4n) is 4.64. The summed E-state index contributed by atoms with van der Waals surface area (Å²) < 4.78 is 8.91. The van der Waals surface area contributed by atoms with Gasteiger partial charge in [-0.05, 0) is 56.0 Å². The Labute approximate surface area is 186 Å². The van der Waals surface area contributed by atoms with E-state index in [1.807, 2.05) is 6.20 Å². The van der Waals surface area contributed by atoms with Gasteiger partial charge in [0.25, 0.3) is 0 Å². The molecule has 4 aromatic rings. The third kappa shape index (κ3) is 3.80. The van der Waals surface area contributed by atoms with Crippen molar-refractivity contribution in [3.63, 3.8) is 0 Å². The summed E-state index contributed by atoms with van der Waals surface area (Å²) in [7, 11) is 0. The smallest absolute Gasteiger partial charge is 0.352 e. The van der Waals surface area contributed by atoms with Crippen LogP contribution in [0.3, 0.4) is 0 Å². The molecule has 0 amide bonds. The SMILES string of the molecule is Cc1ccc(Cn2c(=O)n3ncnc3c3cc(CN4C[C@@H](C)O[C@@H](C)C4)cnc32)cc1C. The Morgan fingerprint density at radius 2 is 1.75 bits per heavy atom. The van der Waals surface area contributed by atoms with E-state index in [2.05, 4.69) is 66.9 Å². The molecule has 1 saturated heterocycles. The van der Waals surface area contributed by atoms with Crippen molar-refractivity contribution in [3.05, 3.63) is 69.5 Å². The average Bonchev–Trinajstić information content (AvgIpc) is 3.23. The summed E-state index contributed by atoms with van der Waals surface area (Å²) in [5, 5.41) is 5.02. The molecular formula is C24H28N6O2. The van der Waals surface area contributed by atoms with Crippen molar-refractivity contribution < 1.29 is 4.74 Å². The van der Waals surface area contributed by atoms with Gasteiger partial charge in [0.05, 0.1) is 24.1 Å². The molecule has 3 aromatic heterocycles. The van der Waals surface area contributed by atoms with Crippen LogP contribution in [0.1, 0.15) is 36.1 Å². The van der Waals surface area contributed by atoms with Gasteiger partial charge in [-0.1, -0.05) is 18.2 Å². The minimum atomic E-state index is -0.237. The molecule has 4 heterocycles. The number of ether oxygens (including phenoxy) is 1. The Kier molecular flexibility index (Phi) is 5.27. The first-order chi connectivity index (χ1) is 15.4. The van der Waals surface area contributed by atoms with E-state index >= 15 is 0 Å². The second-order valence-corrected chi connectivity index (χ2v) is 8.95. The molecule has 32 heavy (non-hydrogen) atoms. The number of aryl methyl sites for hydroxylation is 2. The van der Waals surface area contributed by atoms with Crippen LogP contribution in [0, 0.1) is 13.8 Å². The third-order valence-electron chi connectivity index (χ3n) is 6.19. The number of benzene rings is 1. The van der Waals surface area contributed by atoms with Gasteiger partial charge in [0, 0.05) is 25.8 Å². The molecule has 0 spiro atoms. The fourth-order valence-corrected chi connectivity index (χ4v) is 4.64. The molecule has 0 bridgehead atoms.